The zero-order chi connectivity index (χ0) is 10.7. The summed E-state index contributed by atoms with van der Waals surface area (Å²) in [5.41, 5.74) is 0. The zero-order valence-corrected chi connectivity index (χ0v) is 8.99. The van der Waals surface area contributed by atoms with E-state index in [1.54, 1.807) is 6.07 Å². The smallest absolute Gasteiger partial charge is 0.203 e. The molecule has 1 unspecified atom stereocenters. The van der Waals surface area contributed by atoms with Crippen LogP contribution in [0.3, 0.4) is 0 Å². The fraction of sp³-hybridized carbons (Fsp3) is 0.583. The predicted octanol–water partition coefficient (Wildman–Crippen LogP) is 2.43. The number of furan rings is 1. The van der Waals surface area contributed by atoms with Crippen LogP contribution in [0.4, 0.5) is 0 Å². The van der Waals surface area contributed by atoms with E-state index in [0.29, 0.717) is 11.8 Å². The first-order valence-electron chi connectivity index (χ1n) is 5.50. The van der Waals surface area contributed by atoms with Gasteiger partial charge in [-0.05, 0) is 31.4 Å². The van der Waals surface area contributed by atoms with Gasteiger partial charge >= 0.3 is 0 Å². The van der Waals surface area contributed by atoms with Crippen molar-refractivity contribution < 1.29 is 4.42 Å². The van der Waals surface area contributed by atoms with Crippen molar-refractivity contribution in [3.05, 3.63) is 23.7 Å². The van der Waals surface area contributed by atoms with Gasteiger partial charge in [-0.2, -0.15) is 5.26 Å². The lowest BCUT2D eigenvalue weighted by molar-refractivity contribution is 0.429. The SMILES string of the molecule is CC(CC1CC1)NCc1ccc(C#N)o1. The van der Waals surface area contributed by atoms with Crippen molar-refractivity contribution in [1.82, 2.24) is 5.32 Å². The molecule has 0 spiro atoms. The molecule has 0 amide bonds. The Morgan fingerprint density at radius 2 is 2.40 bits per heavy atom. The molecule has 1 aromatic heterocycles. The third-order valence-corrected chi connectivity index (χ3v) is 2.78. The van der Waals surface area contributed by atoms with Crippen molar-refractivity contribution in [2.45, 2.75) is 38.8 Å². The summed E-state index contributed by atoms with van der Waals surface area (Å²) in [5.74, 6) is 2.18. The van der Waals surface area contributed by atoms with Gasteiger partial charge < -0.3 is 9.73 Å². The Morgan fingerprint density at radius 3 is 3.00 bits per heavy atom. The molecule has 1 aliphatic carbocycles. The van der Waals surface area contributed by atoms with E-state index in [1.807, 2.05) is 12.1 Å². The fourth-order valence-corrected chi connectivity index (χ4v) is 1.74. The third-order valence-electron chi connectivity index (χ3n) is 2.78. The topological polar surface area (TPSA) is 49.0 Å². The summed E-state index contributed by atoms with van der Waals surface area (Å²) in [6.07, 6.45) is 4.04. The van der Waals surface area contributed by atoms with E-state index in [1.165, 1.54) is 19.3 Å². The monoisotopic (exact) mass is 204 g/mol. The molecule has 0 aromatic carbocycles. The number of rotatable bonds is 5. The Labute approximate surface area is 90.1 Å². The van der Waals surface area contributed by atoms with Gasteiger partial charge in [0.25, 0.3) is 0 Å². The largest absolute Gasteiger partial charge is 0.449 e. The van der Waals surface area contributed by atoms with E-state index < -0.39 is 0 Å². The van der Waals surface area contributed by atoms with Crippen LogP contribution in [0.25, 0.3) is 0 Å². The van der Waals surface area contributed by atoms with E-state index in [2.05, 4.69) is 12.2 Å². The number of nitrogens with zero attached hydrogens (tertiary/aromatic N) is 1. The number of nitriles is 1. The van der Waals surface area contributed by atoms with Gasteiger partial charge in [-0.15, -0.1) is 0 Å². The number of hydrogen-bond donors (Lipinski definition) is 1. The van der Waals surface area contributed by atoms with Crippen molar-refractivity contribution in [1.29, 1.82) is 5.26 Å². The van der Waals surface area contributed by atoms with Crippen molar-refractivity contribution in [2.24, 2.45) is 5.92 Å². The maximum Gasteiger partial charge on any atom is 0.203 e. The molecule has 3 nitrogen and oxygen atoms in total. The highest BCUT2D eigenvalue weighted by Gasteiger charge is 2.23. The fourth-order valence-electron chi connectivity index (χ4n) is 1.74. The van der Waals surface area contributed by atoms with Crippen LogP contribution < -0.4 is 5.32 Å². The standard InChI is InChI=1S/C12H16N2O/c1-9(6-10-2-3-10)14-8-12-5-4-11(7-13)15-12/h4-5,9-10,14H,2-3,6,8H2,1H3. The maximum atomic E-state index is 8.59. The molecule has 1 atom stereocenters. The van der Waals surface area contributed by atoms with Gasteiger partial charge in [0.1, 0.15) is 11.8 Å². The second-order valence-electron chi connectivity index (χ2n) is 4.34. The van der Waals surface area contributed by atoms with Gasteiger partial charge in [0.05, 0.1) is 6.54 Å². The third kappa shape index (κ3) is 3.10. The summed E-state index contributed by atoms with van der Waals surface area (Å²) in [6.45, 7) is 2.92. The first kappa shape index (κ1) is 10.3. The second-order valence-corrected chi connectivity index (χ2v) is 4.34. The summed E-state index contributed by atoms with van der Waals surface area (Å²) in [6, 6.07) is 6.09. The van der Waals surface area contributed by atoms with Crippen molar-refractivity contribution in [2.75, 3.05) is 0 Å². The van der Waals surface area contributed by atoms with Crippen molar-refractivity contribution >= 4 is 0 Å². The van der Waals surface area contributed by atoms with Gasteiger partial charge in [-0.1, -0.05) is 12.8 Å². The van der Waals surface area contributed by atoms with Gasteiger partial charge in [-0.25, -0.2) is 0 Å². The highest BCUT2D eigenvalue weighted by atomic mass is 16.3. The van der Waals surface area contributed by atoms with E-state index in [4.69, 9.17) is 9.68 Å². The predicted molar refractivity (Wildman–Crippen MR) is 57.1 cm³/mol. The number of nitrogens with one attached hydrogen (secondary N) is 1. The lowest BCUT2D eigenvalue weighted by atomic mass is 10.1. The van der Waals surface area contributed by atoms with Crippen LogP contribution in [-0.4, -0.2) is 6.04 Å². The average molecular weight is 204 g/mol. The Bertz CT molecular complexity index is 360. The van der Waals surface area contributed by atoms with Crippen molar-refractivity contribution in [3.63, 3.8) is 0 Å². The molecule has 0 saturated heterocycles. The summed E-state index contributed by atoms with van der Waals surface area (Å²) < 4.78 is 5.28. The molecule has 2 rings (SSSR count). The molecule has 1 aliphatic rings. The highest BCUT2D eigenvalue weighted by molar-refractivity contribution is 5.18. The molecule has 1 saturated carbocycles. The molecule has 0 aliphatic heterocycles. The summed E-state index contributed by atoms with van der Waals surface area (Å²) >= 11 is 0. The minimum absolute atomic E-state index is 0.390. The summed E-state index contributed by atoms with van der Waals surface area (Å²) in [7, 11) is 0. The van der Waals surface area contributed by atoms with Crippen LogP contribution in [0, 0.1) is 17.2 Å². The highest BCUT2D eigenvalue weighted by Crippen LogP contribution is 2.33. The Kier molecular flexibility index (Phi) is 3.08. The first-order valence-corrected chi connectivity index (χ1v) is 5.50. The van der Waals surface area contributed by atoms with Crippen LogP contribution >= 0.6 is 0 Å². The van der Waals surface area contributed by atoms with Gasteiger partial charge in [-0.3, -0.25) is 0 Å². The molecule has 15 heavy (non-hydrogen) atoms. The van der Waals surface area contributed by atoms with Crippen LogP contribution in [0.1, 0.15) is 37.7 Å². The van der Waals surface area contributed by atoms with E-state index in [0.717, 1.165) is 18.2 Å². The summed E-state index contributed by atoms with van der Waals surface area (Å²) in [4.78, 5) is 0. The normalized spacial score (nSPS) is 17.3. The molecule has 1 aromatic rings. The second kappa shape index (κ2) is 4.50. The zero-order valence-electron chi connectivity index (χ0n) is 8.99. The molecular formula is C12H16N2O. The van der Waals surface area contributed by atoms with Gasteiger partial charge in [0.2, 0.25) is 5.76 Å². The van der Waals surface area contributed by atoms with Gasteiger partial charge in [0, 0.05) is 6.04 Å². The Morgan fingerprint density at radius 1 is 1.60 bits per heavy atom. The molecule has 80 valence electrons. The maximum absolute atomic E-state index is 8.59. The van der Waals surface area contributed by atoms with E-state index >= 15 is 0 Å². The minimum Gasteiger partial charge on any atom is -0.449 e. The van der Waals surface area contributed by atoms with Crippen LogP contribution in [-0.2, 0) is 6.54 Å². The number of hydrogen-bond acceptors (Lipinski definition) is 3. The molecule has 3 heteroatoms. The Hall–Kier alpha value is -1.27. The molecule has 0 radical (unpaired) electrons. The first-order chi connectivity index (χ1) is 7.28. The molecular weight excluding hydrogens is 188 g/mol. The van der Waals surface area contributed by atoms with Crippen molar-refractivity contribution in [3.8, 4) is 6.07 Å². The lowest BCUT2D eigenvalue weighted by Gasteiger charge is -2.11. The average Bonchev–Trinajstić information content (AvgIpc) is 2.92. The van der Waals surface area contributed by atoms with E-state index in [-0.39, 0.29) is 0 Å². The molecule has 1 heterocycles. The quantitative estimate of drug-likeness (QED) is 0.801. The summed E-state index contributed by atoms with van der Waals surface area (Å²) in [5, 5.41) is 12.0. The molecule has 1 fully saturated rings. The lowest BCUT2D eigenvalue weighted by Crippen LogP contribution is -2.25. The van der Waals surface area contributed by atoms with Crippen LogP contribution in [0.5, 0.6) is 0 Å². The van der Waals surface area contributed by atoms with Crippen LogP contribution in [0.15, 0.2) is 16.5 Å². The Balaban J connectivity index is 1.74. The van der Waals surface area contributed by atoms with E-state index in [9.17, 15) is 0 Å². The molecule has 0 bridgehead atoms. The van der Waals surface area contributed by atoms with Gasteiger partial charge in [0.15, 0.2) is 0 Å². The molecule has 1 N–H and O–H groups in total. The minimum atomic E-state index is 0.390. The van der Waals surface area contributed by atoms with Crippen LogP contribution in [0.2, 0.25) is 0 Å².